The van der Waals surface area contributed by atoms with Gasteiger partial charge >= 0.3 is 0 Å². The van der Waals surface area contributed by atoms with E-state index in [1.165, 1.54) is 6.07 Å². The minimum atomic E-state index is -0.891. The summed E-state index contributed by atoms with van der Waals surface area (Å²) in [6, 6.07) is 3.67. The van der Waals surface area contributed by atoms with Crippen LogP contribution < -0.4 is 10.6 Å². The Morgan fingerprint density at radius 2 is 2.15 bits per heavy atom. The molecule has 1 saturated heterocycles. The first-order valence-electron chi connectivity index (χ1n) is 6.88. The van der Waals surface area contributed by atoms with Gasteiger partial charge < -0.3 is 10.6 Å². The second-order valence-electron chi connectivity index (χ2n) is 5.67. The Balaban J connectivity index is 2.02. The first-order chi connectivity index (χ1) is 9.45. The van der Waals surface area contributed by atoms with E-state index in [1.807, 2.05) is 13.8 Å². The summed E-state index contributed by atoms with van der Waals surface area (Å²) in [6.45, 7) is 5.77. The van der Waals surface area contributed by atoms with Gasteiger partial charge in [-0.25, -0.2) is 8.78 Å². The molecule has 0 saturated carbocycles. The minimum Gasteiger partial charge on any atom is -0.351 e. The van der Waals surface area contributed by atoms with Crippen LogP contribution in [-0.4, -0.2) is 19.0 Å². The van der Waals surface area contributed by atoms with Gasteiger partial charge in [0.1, 0.15) is 0 Å². The van der Waals surface area contributed by atoms with Crippen LogP contribution in [0.1, 0.15) is 25.8 Å². The van der Waals surface area contributed by atoms with Crippen molar-refractivity contribution in [2.24, 2.45) is 11.3 Å². The molecule has 1 aliphatic rings. The lowest BCUT2D eigenvalue weighted by atomic mass is 9.75. The minimum absolute atomic E-state index is 0.0257. The van der Waals surface area contributed by atoms with Crippen LogP contribution in [0.15, 0.2) is 18.2 Å². The maximum Gasteiger partial charge on any atom is 0.228 e. The predicted molar refractivity (Wildman–Crippen MR) is 73.0 cm³/mol. The molecule has 110 valence electrons. The lowest BCUT2D eigenvalue weighted by molar-refractivity contribution is -0.132. The molecule has 1 amide bonds. The van der Waals surface area contributed by atoms with Gasteiger partial charge in [0.15, 0.2) is 11.6 Å². The van der Waals surface area contributed by atoms with Gasteiger partial charge in [-0.2, -0.15) is 0 Å². The molecule has 1 atom stereocenters. The fourth-order valence-electron chi connectivity index (χ4n) is 2.67. The van der Waals surface area contributed by atoms with Gasteiger partial charge in [-0.1, -0.05) is 19.9 Å². The van der Waals surface area contributed by atoms with Crippen LogP contribution in [0.5, 0.6) is 0 Å². The quantitative estimate of drug-likeness (QED) is 0.889. The molecule has 1 aliphatic heterocycles. The summed E-state index contributed by atoms with van der Waals surface area (Å²) < 4.78 is 25.9. The van der Waals surface area contributed by atoms with Crippen LogP contribution in [0, 0.1) is 23.0 Å². The summed E-state index contributed by atoms with van der Waals surface area (Å²) in [5.74, 6) is -1.57. The summed E-state index contributed by atoms with van der Waals surface area (Å²) in [6.07, 6.45) is 0.800. The van der Waals surface area contributed by atoms with Crippen molar-refractivity contribution < 1.29 is 13.6 Å². The Kier molecular flexibility index (Phi) is 4.38. The summed E-state index contributed by atoms with van der Waals surface area (Å²) in [5.41, 5.74) is 0.153. The number of hydrogen-bond donors (Lipinski definition) is 2. The molecule has 0 aliphatic carbocycles. The maximum absolute atomic E-state index is 13.1. The zero-order valence-corrected chi connectivity index (χ0v) is 11.8. The highest BCUT2D eigenvalue weighted by Gasteiger charge is 2.43. The smallest absolute Gasteiger partial charge is 0.228 e. The number of amides is 1. The fraction of sp³-hybridized carbons (Fsp3) is 0.533. The molecule has 20 heavy (non-hydrogen) atoms. The van der Waals surface area contributed by atoms with Crippen molar-refractivity contribution in [2.75, 3.05) is 13.1 Å². The Morgan fingerprint density at radius 1 is 1.40 bits per heavy atom. The van der Waals surface area contributed by atoms with Gasteiger partial charge in [0.05, 0.1) is 5.41 Å². The number of hydrogen-bond acceptors (Lipinski definition) is 2. The first kappa shape index (κ1) is 14.9. The molecule has 3 nitrogen and oxygen atoms in total. The molecule has 1 fully saturated rings. The molecule has 0 bridgehead atoms. The van der Waals surface area contributed by atoms with Crippen LogP contribution in [0.3, 0.4) is 0 Å². The third-order valence-electron chi connectivity index (χ3n) is 4.18. The molecular weight excluding hydrogens is 262 g/mol. The lowest BCUT2D eigenvalue weighted by Gasteiger charge is -2.31. The molecule has 0 radical (unpaired) electrons. The average Bonchev–Trinajstić information content (AvgIpc) is 2.90. The molecule has 1 heterocycles. The van der Waals surface area contributed by atoms with E-state index in [2.05, 4.69) is 10.6 Å². The highest BCUT2D eigenvalue weighted by Crippen LogP contribution is 2.34. The van der Waals surface area contributed by atoms with E-state index in [1.54, 1.807) is 0 Å². The van der Waals surface area contributed by atoms with E-state index in [0.717, 1.165) is 25.1 Å². The van der Waals surface area contributed by atoms with Gasteiger partial charge in [-0.3, -0.25) is 4.79 Å². The molecule has 1 aromatic carbocycles. The topological polar surface area (TPSA) is 41.1 Å². The third-order valence-corrected chi connectivity index (χ3v) is 4.18. The van der Waals surface area contributed by atoms with Crippen LogP contribution in [0.2, 0.25) is 0 Å². The summed E-state index contributed by atoms with van der Waals surface area (Å²) >= 11 is 0. The van der Waals surface area contributed by atoms with Gasteiger partial charge in [0, 0.05) is 13.1 Å². The molecule has 2 N–H and O–H groups in total. The van der Waals surface area contributed by atoms with E-state index in [4.69, 9.17) is 0 Å². The van der Waals surface area contributed by atoms with E-state index in [0.29, 0.717) is 12.1 Å². The van der Waals surface area contributed by atoms with E-state index in [-0.39, 0.29) is 18.4 Å². The molecule has 5 heteroatoms. The highest BCUT2D eigenvalue weighted by atomic mass is 19.2. The van der Waals surface area contributed by atoms with Gasteiger partial charge in [0.25, 0.3) is 0 Å². The molecule has 2 rings (SSSR count). The summed E-state index contributed by atoms with van der Waals surface area (Å²) in [4.78, 5) is 12.4. The molecular formula is C15H20F2N2O. The second kappa shape index (κ2) is 5.87. The number of nitrogens with one attached hydrogen (secondary N) is 2. The van der Waals surface area contributed by atoms with Crippen molar-refractivity contribution in [3.63, 3.8) is 0 Å². The highest BCUT2D eigenvalue weighted by molar-refractivity contribution is 5.83. The SMILES string of the molecule is CC(C)C1(C(=O)NCc2ccc(F)c(F)c2)CCNC1. The zero-order valence-electron chi connectivity index (χ0n) is 11.8. The van der Waals surface area contributed by atoms with Crippen molar-refractivity contribution in [2.45, 2.75) is 26.8 Å². The summed E-state index contributed by atoms with van der Waals surface area (Å²) in [5, 5.41) is 6.06. The normalized spacial score (nSPS) is 22.2. The van der Waals surface area contributed by atoms with Crippen LogP contribution in [0.25, 0.3) is 0 Å². The number of halogens is 2. The first-order valence-corrected chi connectivity index (χ1v) is 6.88. The monoisotopic (exact) mass is 282 g/mol. The Hall–Kier alpha value is -1.49. The van der Waals surface area contributed by atoms with Crippen LogP contribution >= 0.6 is 0 Å². The van der Waals surface area contributed by atoms with Crippen molar-refractivity contribution in [1.82, 2.24) is 10.6 Å². The van der Waals surface area contributed by atoms with E-state index in [9.17, 15) is 13.6 Å². The predicted octanol–water partition coefficient (Wildman–Crippen LogP) is 2.22. The largest absolute Gasteiger partial charge is 0.351 e. The van der Waals surface area contributed by atoms with Gasteiger partial charge in [0.2, 0.25) is 5.91 Å². The molecule has 1 unspecified atom stereocenters. The molecule has 0 aromatic heterocycles. The van der Waals surface area contributed by atoms with Crippen molar-refractivity contribution in [3.05, 3.63) is 35.4 Å². The molecule has 1 aromatic rings. The number of benzene rings is 1. The van der Waals surface area contributed by atoms with Gasteiger partial charge in [-0.15, -0.1) is 0 Å². The molecule has 0 spiro atoms. The Bertz CT molecular complexity index is 497. The van der Waals surface area contributed by atoms with E-state index < -0.39 is 17.0 Å². The number of carbonyl (C=O) groups is 1. The Morgan fingerprint density at radius 3 is 2.70 bits per heavy atom. The number of carbonyl (C=O) groups excluding carboxylic acids is 1. The van der Waals surface area contributed by atoms with Crippen LogP contribution in [-0.2, 0) is 11.3 Å². The maximum atomic E-state index is 13.1. The van der Waals surface area contributed by atoms with Crippen molar-refractivity contribution >= 4 is 5.91 Å². The number of rotatable bonds is 4. The lowest BCUT2D eigenvalue weighted by Crippen LogP contribution is -2.45. The Labute approximate surface area is 117 Å². The third kappa shape index (κ3) is 2.82. The van der Waals surface area contributed by atoms with Gasteiger partial charge in [-0.05, 0) is 36.6 Å². The average molecular weight is 282 g/mol. The van der Waals surface area contributed by atoms with Crippen molar-refractivity contribution in [1.29, 1.82) is 0 Å². The second-order valence-corrected chi connectivity index (χ2v) is 5.67. The van der Waals surface area contributed by atoms with E-state index >= 15 is 0 Å². The summed E-state index contributed by atoms with van der Waals surface area (Å²) in [7, 11) is 0. The fourth-order valence-corrected chi connectivity index (χ4v) is 2.67. The zero-order chi connectivity index (χ0) is 14.8. The standard InChI is InChI=1S/C15H20F2N2O/c1-10(2)15(5-6-18-9-15)14(20)19-8-11-3-4-12(16)13(17)7-11/h3-4,7,10,18H,5-6,8-9H2,1-2H3,(H,19,20). The van der Waals surface area contributed by atoms with Crippen molar-refractivity contribution in [3.8, 4) is 0 Å². The van der Waals surface area contributed by atoms with Crippen LogP contribution in [0.4, 0.5) is 8.78 Å².